The lowest BCUT2D eigenvalue weighted by atomic mass is 10.1. The number of hydrogen-bond donors (Lipinski definition) is 3. The van der Waals surface area contributed by atoms with E-state index in [1.54, 1.807) is 12.1 Å². The molecular weight excluding hydrogens is 218 g/mol. The third kappa shape index (κ3) is 3.75. The second-order valence-electron chi connectivity index (χ2n) is 4.09. The molecule has 0 aliphatic heterocycles. The molecule has 1 unspecified atom stereocenters. The predicted molar refractivity (Wildman–Crippen MR) is 66.1 cm³/mol. The van der Waals surface area contributed by atoms with Gasteiger partial charge in [0.1, 0.15) is 5.75 Å². The Hall–Kier alpha value is -1.55. The average Bonchev–Trinajstić information content (AvgIpc) is 2.29. The monoisotopic (exact) mass is 237 g/mol. The van der Waals surface area contributed by atoms with Gasteiger partial charge in [-0.1, -0.05) is 13.0 Å². The minimum atomic E-state index is -0.307. The smallest absolute Gasteiger partial charge is 0.255 e. The lowest BCUT2D eigenvalue weighted by Crippen LogP contribution is -2.33. The Morgan fingerprint density at radius 3 is 2.76 bits per heavy atom. The van der Waals surface area contributed by atoms with Crippen molar-refractivity contribution in [3.8, 4) is 5.75 Å². The van der Waals surface area contributed by atoms with Gasteiger partial charge in [0.25, 0.3) is 5.91 Å². The standard InChI is InChI=1S/C13H19NO3/c1-3-10-4-5-12(16)11(8-10)13(17)14-9(2)6-7-15/h4-5,8-9,15-16H,3,6-7H2,1-2H3,(H,14,17). The van der Waals surface area contributed by atoms with Crippen molar-refractivity contribution in [2.45, 2.75) is 32.7 Å². The Balaban J connectivity index is 2.80. The van der Waals surface area contributed by atoms with Gasteiger partial charge >= 0.3 is 0 Å². The first-order chi connectivity index (χ1) is 8.08. The molecule has 0 saturated heterocycles. The maximum atomic E-state index is 11.9. The van der Waals surface area contributed by atoms with Crippen LogP contribution in [0.3, 0.4) is 0 Å². The summed E-state index contributed by atoms with van der Waals surface area (Å²) in [4.78, 5) is 11.9. The minimum Gasteiger partial charge on any atom is -0.507 e. The van der Waals surface area contributed by atoms with Gasteiger partial charge in [0.2, 0.25) is 0 Å². The highest BCUT2D eigenvalue weighted by atomic mass is 16.3. The molecule has 1 aromatic rings. The fraction of sp³-hybridized carbons (Fsp3) is 0.462. The topological polar surface area (TPSA) is 69.6 Å². The number of aliphatic hydroxyl groups excluding tert-OH is 1. The van der Waals surface area contributed by atoms with E-state index in [0.29, 0.717) is 6.42 Å². The van der Waals surface area contributed by atoms with E-state index in [0.717, 1.165) is 12.0 Å². The normalized spacial score (nSPS) is 12.2. The molecule has 1 amide bonds. The summed E-state index contributed by atoms with van der Waals surface area (Å²) in [6, 6.07) is 4.90. The van der Waals surface area contributed by atoms with E-state index in [1.807, 2.05) is 13.8 Å². The van der Waals surface area contributed by atoms with Crippen LogP contribution in [-0.4, -0.2) is 28.8 Å². The van der Waals surface area contributed by atoms with Crippen LogP contribution in [0, 0.1) is 0 Å². The molecule has 0 spiro atoms. The van der Waals surface area contributed by atoms with Crippen molar-refractivity contribution in [2.24, 2.45) is 0 Å². The van der Waals surface area contributed by atoms with E-state index >= 15 is 0 Å². The van der Waals surface area contributed by atoms with E-state index in [9.17, 15) is 9.90 Å². The average molecular weight is 237 g/mol. The highest BCUT2D eigenvalue weighted by Gasteiger charge is 2.13. The van der Waals surface area contributed by atoms with Crippen molar-refractivity contribution in [1.82, 2.24) is 5.32 Å². The molecule has 0 bridgehead atoms. The first-order valence-electron chi connectivity index (χ1n) is 5.82. The molecule has 0 aliphatic carbocycles. The van der Waals surface area contributed by atoms with Crippen LogP contribution < -0.4 is 5.32 Å². The zero-order valence-electron chi connectivity index (χ0n) is 10.2. The fourth-order valence-electron chi connectivity index (χ4n) is 1.55. The summed E-state index contributed by atoms with van der Waals surface area (Å²) in [5.41, 5.74) is 1.29. The van der Waals surface area contributed by atoms with E-state index in [-0.39, 0.29) is 29.9 Å². The Morgan fingerprint density at radius 2 is 2.18 bits per heavy atom. The maximum absolute atomic E-state index is 11.9. The van der Waals surface area contributed by atoms with E-state index in [4.69, 9.17) is 5.11 Å². The van der Waals surface area contributed by atoms with Crippen molar-refractivity contribution in [3.05, 3.63) is 29.3 Å². The Morgan fingerprint density at radius 1 is 1.47 bits per heavy atom. The number of aromatic hydroxyl groups is 1. The highest BCUT2D eigenvalue weighted by molar-refractivity contribution is 5.97. The van der Waals surface area contributed by atoms with Crippen LogP contribution in [0.25, 0.3) is 0 Å². The molecule has 1 atom stereocenters. The van der Waals surface area contributed by atoms with Gasteiger partial charge in [-0.05, 0) is 37.5 Å². The maximum Gasteiger partial charge on any atom is 0.255 e. The molecule has 4 nitrogen and oxygen atoms in total. The van der Waals surface area contributed by atoms with Crippen LogP contribution in [0.5, 0.6) is 5.75 Å². The van der Waals surface area contributed by atoms with Crippen LogP contribution in [0.2, 0.25) is 0 Å². The first kappa shape index (κ1) is 13.5. The molecule has 0 aromatic heterocycles. The molecule has 1 rings (SSSR count). The fourth-order valence-corrected chi connectivity index (χ4v) is 1.55. The van der Waals surface area contributed by atoms with Crippen LogP contribution in [-0.2, 0) is 6.42 Å². The highest BCUT2D eigenvalue weighted by Crippen LogP contribution is 2.19. The number of aliphatic hydroxyl groups is 1. The van der Waals surface area contributed by atoms with E-state index in [1.165, 1.54) is 6.07 Å². The van der Waals surface area contributed by atoms with Crippen LogP contribution in [0.1, 0.15) is 36.2 Å². The van der Waals surface area contributed by atoms with Gasteiger partial charge in [-0.3, -0.25) is 4.79 Å². The van der Waals surface area contributed by atoms with Gasteiger partial charge in [-0.25, -0.2) is 0 Å². The molecule has 0 heterocycles. The lowest BCUT2D eigenvalue weighted by Gasteiger charge is -2.13. The molecule has 0 fully saturated rings. The van der Waals surface area contributed by atoms with Crippen LogP contribution in [0.4, 0.5) is 0 Å². The van der Waals surface area contributed by atoms with Gasteiger partial charge in [-0.2, -0.15) is 0 Å². The third-order valence-corrected chi connectivity index (χ3v) is 2.65. The first-order valence-corrected chi connectivity index (χ1v) is 5.82. The van der Waals surface area contributed by atoms with Gasteiger partial charge in [0.05, 0.1) is 5.56 Å². The zero-order valence-corrected chi connectivity index (χ0v) is 10.2. The van der Waals surface area contributed by atoms with Crippen molar-refractivity contribution in [2.75, 3.05) is 6.61 Å². The van der Waals surface area contributed by atoms with Crippen LogP contribution >= 0.6 is 0 Å². The largest absolute Gasteiger partial charge is 0.507 e. The number of carbonyl (C=O) groups is 1. The number of carbonyl (C=O) groups excluding carboxylic acids is 1. The molecule has 4 heteroatoms. The molecule has 0 saturated carbocycles. The Kier molecular flexibility index (Phi) is 4.97. The predicted octanol–water partition coefficient (Wildman–Crippen LogP) is 1.46. The summed E-state index contributed by atoms with van der Waals surface area (Å²) >= 11 is 0. The minimum absolute atomic E-state index is 0.0177. The Bertz CT molecular complexity index is 390. The van der Waals surface area contributed by atoms with Gasteiger partial charge in [0.15, 0.2) is 0 Å². The summed E-state index contributed by atoms with van der Waals surface area (Å²) in [6.07, 6.45) is 1.31. The molecule has 3 N–H and O–H groups in total. The van der Waals surface area contributed by atoms with Crippen molar-refractivity contribution < 1.29 is 15.0 Å². The number of benzene rings is 1. The molecule has 0 radical (unpaired) electrons. The van der Waals surface area contributed by atoms with E-state index < -0.39 is 0 Å². The number of rotatable bonds is 5. The van der Waals surface area contributed by atoms with Crippen LogP contribution in [0.15, 0.2) is 18.2 Å². The van der Waals surface area contributed by atoms with Gasteiger partial charge in [-0.15, -0.1) is 0 Å². The second kappa shape index (κ2) is 6.25. The number of nitrogens with one attached hydrogen (secondary N) is 1. The summed E-state index contributed by atoms with van der Waals surface area (Å²) < 4.78 is 0. The molecule has 17 heavy (non-hydrogen) atoms. The molecule has 94 valence electrons. The third-order valence-electron chi connectivity index (χ3n) is 2.65. The van der Waals surface area contributed by atoms with Crippen molar-refractivity contribution >= 4 is 5.91 Å². The molecule has 1 aromatic carbocycles. The number of phenols is 1. The summed E-state index contributed by atoms with van der Waals surface area (Å²) in [5, 5.41) is 21.1. The zero-order chi connectivity index (χ0) is 12.8. The number of amides is 1. The second-order valence-corrected chi connectivity index (χ2v) is 4.09. The van der Waals surface area contributed by atoms with Crippen molar-refractivity contribution in [3.63, 3.8) is 0 Å². The van der Waals surface area contributed by atoms with Crippen molar-refractivity contribution in [1.29, 1.82) is 0 Å². The SMILES string of the molecule is CCc1ccc(O)c(C(=O)NC(C)CCO)c1. The quantitative estimate of drug-likeness (QED) is 0.726. The van der Waals surface area contributed by atoms with E-state index in [2.05, 4.69) is 5.32 Å². The molecule has 0 aliphatic rings. The Labute approximate surface area is 101 Å². The summed E-state index contributed by atoms with van der Waals surface area (Å²) in [7, 11) is 0. The summed E-state index contributed by atoms with van der Waals surface area (Å²) in [6.45, 7) is 3.83. The number of phenolic OH excluding ortho intramolecular Hbond substituents is 1. The summed E-state index contributed by atoms with van der Waals surface area (Å²) in [5.74, 6) is -0.324. The lowest BCUT2D eigenvalue weighted by molar-refractivity contribution is 0.0931. The number of aryl methyl sites for hydroxylation is 1. The van der Waals surface area contributed by atoms with Gasteiger partial charge < -0.3 is 15.5 Å². The van der Waals surface area contributed by atoms with Gasteiger partial charge in [0, 0.05) is 12.6 Å². The number of hydrogen-bond acceptors (Lipinski definition) is 3. The molecular formula is C13H19NO3.